The average Bonchev–Trinajstić information content (AvgIpc) is 3.16. The zero-order valence-electron chi connectivity index (χ0n) is 21.1. The van der Waals surface area contributed by atoms with Crippen molar-refractivity contribution in [2.24, 2.45) is 0 Å². The fraction of sp³-hybridized carbons (Fsp3) is 0.500. The molecular formula is C26H35FN4O2Si. The molecule has 0 aliphatic carbocycles. The highest BCUT2D eigenvalue weighted by Crippen LogP contribution is 2.32. The monoisotopic (exact) mass is 482 g/mol. The van der Waals surface area contributed by atoms with Gasteiger partial charge in [-0.25, -0.2) is 9.37 Å². The second-order valence-corrected chi connectivity index (χ2v) is 16.3. The second kappa shape index (κ2) is 9.58. The Morgan fingerprint density at radius 1 is 1.26 bits per heavy atom. The summed E-state index contributed by atoms with van der Waals surface area (Å²) in [6.07, 6.45) is 2.47. The van der Waals surface area contributed by atoms with Crippen molar-refractivity contribution in [1.29, 1.82) is 0 Å². The minimum Gasteiger partial charge on any atom is -0.361 e. The number of hydrogen-bond acceptors (Lipinski definition) is 4. The van der Waals surface area contributed by atoms with Gasteiger partial charge in [-0.3, -0.25) is 14.3 Å². The number of ether oxygens (including phenoxy) is 1. The highest BCUT2D eigenvalue weighted by molar-refractivity contribution is 6.76. The van der Waals surface area contributed by atoms with E-state index in [1.54, 1.807) is 16.8 Å². The first-order chi connectivity index (χ1) is 16.1. The molecule has 0 radical (unpaired) electrons. The Morgan fingerprint density at radius 3 is 2.74 bits per heavy atom. The standard InChI is InChI=1S/C26H35FN4O2Si/c1-17(2)19-9-10-21(27)23-24(19)31(16-33-14-15-34(4,5)6)25(29-23)26(32)30-13-11-22-20(18(30)3)8-7-12-28-22/h7-10,12,17-18H,11,13-16H2,1-6H3/t18-/m1/s1. The Kier molecular flexibility index (Phi) is 6.91. The molecule has 1 amide bonds. The molecule has 3 heterocycles. The van der Waals surface area contributed by atoms with Gasteiger partial charge in [0.05, 0.1) is 11.6 Å². The van der Waals surface area contributed by atoms with E-state index in [1.165, 1.54) is 6.07 Å². The number of pyridine rings is 1. The summed E-state index contributed by atoms with van der Waals surface area (Å²) in [4.78, 5) is 24.7. The number of amides is 1. The van der Waals surface area contributed by atoms with Crippen molar-refractivity contribution < 1.29 is 13.9 Å². The third-order valence-corrected chi connectivity index (χ3v) is 8.30. The van der Waals surface area contributed by atoms with Gasteiger partial charge in [0.1, 0.15) is 12.2 Å². The summed E-state index contributed by atoms with van der Waals surface area (Å²) in [5, 5.41) is 0. The number of fused-ring (bicyclic) bond motifs is 2. The van der Waals surface area contributed by atoms with Gasteiger partial charge < -0.3 is 9.64 Å². The maximum atomic E-state index is 14.9. The third kappa shape index (κ3) is 4.79. The summed E-state index contributed by atoms with van der Waals surface area (Å²) in [6.45, 7) is 14.4. The first-order valence-corrected chi connectivity index (χ1v) is 15.8. The number of carbonyl (C=O) groups is 1. The van der Waals surface area contributed by atoms with Gasteiger partial charge in [0, 0.05) is 39.5 Å². The predicted molar refractivity (Wildman–Crippen MR) is 135 cm³/mol. The lowest BCUT2D eigenvalue weighted by molar-refractivity contribution is 0.0606. The molecule has 4 rings (SSSR count). The van der Waals surface area contributed by atoms with Crippen LogP contribution in [-0.4, -0.2) is 46.6 Å². The van der Waals surface area contributed by atoms with Crippen molar-refractivity contribution in [1.82, 2.24) is 19.4 Å². The van der Waals surface area contributed by atoms with Gasteiger partial charge >= 0.3 is 0 Å². The lowest BCUT2D eigenvalue weighted by Gasteiger charge is -2.34. The van der Waals surface area contributed by atoms with E-state index in [0.29, 0.717) is 25.1 Å². The highest BCUT2D eigenvalue weighted by Gasteiger charge is 2.33. The first kappa shape index (κ1) is 24.5. The van der Waals surface area contributed by atoms with E-state index in [1.807, 2.05) is 24.0 Å². The van der Waals surface area contributed by atoms with Crippen LogP contribution >= 0.6 is 0 Å². The average molecular weight is 483 g/mol. The number of imidazole rings is 1. The summed E-state index contributed by atoms with van der Waals surface area (Å²) in [6, 6.07) is 8.03. The van der Waals surface area contributed by atoms with Crippen LogP contribution < -0.4 is 0 Å². The first-order valence-electron chi connectivity index (χ1n) is 12.1. The fourth-order valence-electron chi connectivity index (χ4n) is 4.56. The van der Waals surface area contributed by atoms with E-state index < -0.39 is 13.9 Å². The maximum absolute atomic E-state index is 14.9. The van der Waals surface area contributed by atoms with Gasteiger partial charge in [0.2, 0.25) is 5.82 Å². The number of aromatic nitrogens is 3. The van der Waals surface area contributed by atoms with Crippen molar-refractivity contribution in [2.45, 2.75) is 71.6 Å². The largest absolute Gasteiger partial charge is 0.361 e. The zero-order valence-corrected chi connectivity index (χ0v) is 22.1. The van der Waals surface area contributed by atoms with E-state index in [0.717, 1.165) is 22.9 Å². The van der Waals surface area contributed by atoms with Crippen LogP contribution in [0.15, 0.2) is 30.5 Å². The molecule has 0 saturated heterocycles. The minimum absolute atomic E-state index is 0.138. The predicted octanol–water partition coefficient (Wildman–Crippen LogP) is 5.77. The third-order valence-electron chi connectivity index (χ3n) is 6.60. The molecule has 2 aromatic heterocycles. The lowest BCUT2D eigenvalue weighted by Crippen LogP contribution is -2.40. The molecule has 34 heavy (non-hydrogen) atoms. The molecule has 3 aromatic rings. The number of rotatable bonds is 7. The fourth-order valence-corrected chi connectivity index (χ4v) is 5.31. The van der Waals surface area contributed by atoms with E-state index in [-0.39, 0.29) is 35.9 Å². The summed E-state index contributed by atoms with van der Waals surface area (Å²) < 4.78 is 22.7. The molecule has 0 N–H and O–H groups in total. The lowest BCUT2D eigenvalue weighted by atomic mass is 9.98. The van der Waals surface area contributed by atoms with Crippen LogP contribution in [0, 0.1) is 5.82 Å². The van der Waals surface area contributed by atoms with Gasteiger partial charge in [-0.05, 0) is 42.1 Å². The van der Waals surface area contributed by atoms with Gasteiger partial charge in [-0.1, -0.05) is 45.6 Å². The maximum Gasteiger partial charge on any atom is 0.290 e. The molecule has 6 nitrogen and oxygen atoms in total. The summed E-state index contributed by atoms with van der Waals surface area (Å²) >= 11 is 0. The van der Waals surface area contributed by atoms with Crippen LogP contribution in [0.25, 0.3) is 11.0 Å². The van der Waals surface area contributed by atoms with Crippen LogP contribution in [0.5, 0.6) is 0 Å². The molecular weight excluding hydrogens is 447 g/mol. The van der Waals surface area contributed by atoms with Crippen molar-refractivity contribution in [3.8, 4) is 0 Å². The molecule has 8 heteroatoms. The molecule has 0 unspecified atom stereocenters. The molecule has 1 aliphatic heterocycles. The summed E-state index contributed by atoms with van der Waals surface area (Å²) in [7, 11) is -1.27. The van der Waals surface area contributed by atoms with Crippen LogP contribution in [0.3, 0.4) is 0 Å². The van der Waals surface area contributed by atoms with Gasteiger partial charge in [0.25, 0.3) is 5.91 Å². The van der Waals surface area contributed by atoms with E-state index in [2.05, 4.69) is 43.5 Å². The van der Waals surface area contributed by atoms with Gasteiger partial charge in [0.15, 0.2) is 5.82 Å². The molecule has 0 fully saturated rings. The van der Waals surface area contributed by atoms with Crippen LogP contribution in [0.1, 0.15) is 60.2 Å². The quantitative estimate of drug-likeness (QED) is 0.317. The number of hydrogen-bond donors (Lipinski definition) is 0. The number of halogens is 1. The molecule has 0 spiro atoms. The van der Waals surface area contributed by atoms with Crippen molar-refractivity contribution >= 4 is 25.0 Å². The Hall–Kier alpha value is -2.58. The minimum atomic E-state index is -1.27. The van der Waals surface area contributed by atoms with Gasteiger partial charge in [-0.2, -0.15) is 0 Å². The van der Waals surface area contributed by atoms with E-state index >= 15 is 0 Å². The van der Waals surface area contributed by atoms with Gasteiger partial charge in [-0.15, -0.1) is 0 Å². The molecule has 0 saturated carbocycles. The summed E-state index contributed by atoms with van der Waals surface area (Å²) in [5.41, 5.74) is 3.91. The SMILES string of the molecule is CC(C)c1ccc(F)c2nc(C(=O)N3CCc4ncccc4[C@H]3C)n(COCC[Si](C)(C)C)c12. The van der Waals surface area contributed by atoms with E-state index in [9.17, 15) is 9.18 Å². The Labute approximate surface area is 202 Å². The smallest absolute Gasteiger partial charge is 0.290 e. The Bertz CT molecular complexity index is 1200. The van der Waals surface area contributed by atoms with Crippen molar-refractivity contribution in [3.63, 3.8) is 0 Å². The number of carbonyl (C=O) groups excluding carboxylic acids is 1. The topological polar surface area (TPSA) is 60.2 Å². The molecule has 1 aliphatic rings. The summed E-state index contributed by atoms with van der Waals surface area (Å²) in [5.74, 6) is -0.249. The zero-order chi connectivity index (χ0) is 24.6. The van der Waals surface area contributed by atoms with Crippen molar-refractivity contribution in [3.05, 3.63) is 58.9 Å². The van der Waals surface area contributed by atoms with Crippen LogP contribution in [0.2, 0.25) is 25.7 Å². The normalized spacial score (nSPS) is 16.4. The molecule has 1 aromatic carbocycles. The highest BCUT2D eigenvalue weighted by atomic mass is 28.3. The second-order valence-electron chi connectivity index (χ2n) is 10.7. The molecule has 0 bridgehead atoms. The Balaban J connectivity index is 1.74. The number of benzene rings is 1. The Morgan fingerprint density at radius 2 is 2.03 bits per heavy atom. The molecule has 182 valence electrons. The van der Waals surface area contributed by atoms with Crippen LogP contribution in [0.4, 0.5) is 4.39 Å². The van der Waals surface area contributed by atoms with E-state index in [4.69, 9.17) is 4.74 Å². The van der Waals surface area contributed by atoms with Crippen molar-refractivity contribution in [2.75, 3.05) is 13.2 Å². The van der Waals surface area contributed by atoms with Crippen LogP contribution in [-0.2, 0) is 17.9 Å². The molecule has 1 atom stereocenters. The number of nitrogens with zero attached hydrogens (tertiary/aromatic N) is 4.